The molecule has 16 nitrogen and oxygen atoms in total. The number of hydrogen-bond acceptors (Lipinski definition) is 14. The Kier molecular flexibility index (Phi) is 15.8. The van der Waals surface area contributed by atoms with Gasteiger partial charge in [-0.3, -0.25) is 23.7 Å². The summed E-state index contributed by atoms with van der Waals surface area (Å²) >= 11 is 0. The molecule has 6 aromatic rings. The minimum atomic E-state index is -0.214. The molecular formula is C55H59N7O9S2. The van der Waals surface area contributed by atoms with Gasteiger partial charge in [0, 0.05) is 79.5 Å². The quantitative estimate of drug-likeness (QED) is 0.0239. The van der Waals surface area contributed by atoms with E-state index in [2.05, 4.69) is 47.7 Å². The highest BCUT2D eigenvalue weighted by Crippen LogP contribution is 2.42. The monoisotopic (exact) mass is 1030 g/mol. The number of ether oxygens (including phenoxy) is 4. The Bertz CT molecular complexity index is 3130. The zero-order valence-corrected chi connectivity index (χ0v) is 43.0. The number of aromatic nitrogens is 2. The van der Waals surface area contributed by atoms with Gasteiger partial charge in [-0.05, 0) is 97.8 Å². The number of carbonyl (C=O) groups excluding carboxylic acids is 3. The van der Waals surface area contributed by atoms with Crippen LogP contribution in [-0.2, 0) is 40.5 Å². The van der Waals surface area contributed by atoms with Crippen LogP contribution in [-0.4, -0.2) is 84.4 Å². The predicted molar refractivity (Wildman–Crippen MR) is 288 cm³/mol. The van der Waals surface area contributed by atoms with E-state index in [0.717, 1.165) is 52.2 Å². The third-order valence-electron chi connectivity index (χ3n) is 13.0. The van der Waals surface area contributed by atoms with Crippen LogP contribution < -0.4 is 45.4 Å². The van der Waals surface area contributed by atoms with Gasteiger partial charge in [0.25, 0.3) is 11.5 Å². The average molecular weight is 1030 g/mol. The summed E-state index contributed by atoms with van der Waals surface area (Å²) in [6, 6.07) is 28.4. The average Bonchev–Trinajstić information content (AvgIpc) is 3.93. The molecule has 18 heteroatoms. The Morgan fingerprint density at radius 2 is 1.56 bits per heavy atom. The molecule has 1 atom stereocenters. The van der Waals surface area contributed by atoms with E-state index in [0.29, 0.717) is 102 Å². The van der Waals surface area contributed by atoms with Gasteiger partial charge in [0.2, 0.25) is 11.8 Å². The number of rotatable bonds is 23. The topological polar surface area (TPSA) is 184 Å². The maximum atomic E-state index is 14.1. The molecule has 3 N–H and O–H groups in total. The summed E-state index contributed by atoms with van der Waals surface area (Å²) in [6.45, 7) is 9.18. The minimum absolute atomic E-state index is 0.00726. The number of hydrogen-bond donors (Lipinski definition) is 3. The maximum absolute atomic E-state index is 14.1. The fraction of sp³-hybridized carbons (Fsp3) is 0.345. The molecule has 3 amide bonds. The van der Waals surface area contributed by atoms with Crippen molar-refractivity contribution in [2.24, 2.45) is 5.16 Å². The second-order valence-electron chi connectivity index (χ2n) is 18.7. The van der Waals surface area contributed by atoms with Crippen molar-refractivity contribution in [2.45, 2.75) is 82.8 Å². The summed E-state index contributed by atoms with van der Waals surface area (Å²) in [5.41, 5.74) is 7.43. The third kappa shape index (κ3) is 11.7. The number of carbonyl (C=O) groups is 3. The van der Waals surface area contributed by atoms with Gasteiger partial charge < -0.3 is 44.6 Å². The van der Waals surface area contributed by atoms with E-state index in [9.17, 15) is 19.2 Å². The second kappa shape index (κ2) is 22.7. The normalized spacial score (nSPS) is 14.2. The largest absolute Gasteiger partial charge is 0.493 e. The molecule has 0 bridgehead atoms. The number of nitrogens with one attached hydrogen (secondary N) is 3. The molecule has 0 fully saturated rings. The SMILES string of the molecule is C=NOCCCNC(=O)CCCSSC(C)(C)CCC(=O)Nc1cc(COc2cc3c(cc2OC)C(=O)N2c4ccccc4C[C@H]2CN3)cc(COc2cc3nc4n(c(=O)c3cc2OC)-c2ccccc2C4)c1. The molecule has 4 heterocycles. The Labute approximate surface area is 431 Å². The van der Waals surface area contributed by atoms with Crippen LogP contribution in [0.5, 0.6) is 23.0 Å². The van der Waals surface area contributed by atoms with Crippen molar-refractivity contribution in [2.75, 3.05) is 55.2 Å². The van der Waals surface area contributed by atoms with E-state index in [-0.39, 0.29) is 53.7 Å². The molecule has 9 rings (SSSR count). The summed E-state index contributed by atoms with van der Waals surface area (Å²) in [5, 5.41) is 13.3. The van der Waals surface area contributed by atoms with Gasteiger partial charge in [0.05, 0.1) is 48.1 Å². The van der Waals surface area contributed by atoms with E-state index in [1.807, 2.05) is 71.6 Å². The molecule has 0 saturated carbocycles. The molecular weight excluding hydrogens is 967 g/mol. The fourth-order valence-corrected chi connectivity index (χ4v) is 12.0. The number of amides is 3. The first kappa shape index (κ1) is 50.7. The van der Waals surface area contributed by atoms with Gasteiger partial charge in [-0.2, -0.15) is 0 Å². The number of fused-ring (bicyclic) bond motifs is 8. The lowest BCUT2D eigenvalue weighted by Gasteiger charge is -2.23. The van der Waals surface area contributed by atoms with Crippen LogP contribution >= 0.6 is 21.6 Å². The van der Waals surface area contributed by atoms with Crippen LogP contribution in [0.2, 0.25) is 0 Å². The molecule has 0 unspecified atom stereocenters. The molecule has 380 valence electrons. The van der Waals surface area contributed by atoms with Crippen molar-refractivity contribution in [3.05, 3.63) is 135 Å². The van der Waals surface area contributed by atoms with Crippen LogP contribution in [0.4, 0.5) is 17.1 Å². The van der Waals surface area contributed by atoms with Gasteiger partial charge in [0.1, 0.15) is 25.6 Å². The first-order valence-electron chi connectivity index (χ1n) is 24.3. The van der Waals surface area contributed by atoms with E-state index >= 15 is 0 Å². The highest BCUT2D eigenvalue weighted by Gasteiger charge is 2.38. The number of para-hydroxylation sites is 2. The number of anilines is 3. The number of methoxy groups -OCH3 is 2. The Morgan fingerprint density at radius 3 is 2.32 bits per heavy atom. The number of oxime groups is 1. The Morgan fingerprint density at radius 1 is 0.849 bits per heavy atom. The smallest absolute Gasteiger partial charge is 0.266 e. The molecule has 5 aromatic carbocycles. The molecule has 0 spiro atoms. The highest BCUT2D eigenvalue weighted by molar-refractivity contribution is 8.77. The van der Waals surface area contributed by atoms with Gasteiger partial charge in [-0.15, -0.1) is 5.16 Å². The van der Waals surface area contributed by atoms with E-state index < -0.39 is 0 Å². The van der Waals surface area contributed by atoms with E-state index in [1.165, 1.54) is 7.11 Å². The summed E-state index contributed by atoms with van der Waals surface area (Å²) in [5.74, 6) is 2.84. The number of benzene rings is 5. The van der Waals surface area contributed by atoms with Crippen molar-refractivity contribution in [3.63, 3.8) is 0 Å². The number of nitrogens with zero attached hydrogens (tertiary/aromatic N) is 4. The summed E-state index contributed by atoms with van der Waals surface area (Å²) in [7, 11) is 6.49. The standard InChI is InChI=1S/C55H59N7O9S2/c1-55(2,73-72-21-10-16-51(63)57-19-11-20-71-56-3)18-17-52(64)59-38-23-34(32-69-48-29-42-40(27-46(48)67-4)53(65)61-39(31-58-42)25-36-12-6-8-14-44(36)61)22-35(24-38)33-70-49-30-43-41(28-47(49)68-5)54(66)62-45-15-9-7-13-37(45)26-50(62)60-43/h6-9,12-15,22-24,27-30,39,58H,3,10-11,16-21,25-26,31-33H2,1-2,4-5H3,(H,57,63)(H,59,64)/t39-/m0/s1. The van der Waals surface area contributed by atoms with Gasteiger partial charge in [0.15, 0.2) is 23.0 Å². The molecule has 3 aliphatic heterocycles. The highest BCUT2D eigenvalue weighted by atomic mass is 33.1. The fourth-order valence-electron chi connectivity index (χ4n) is 9.35. The van der Waals surface area contributed by atoms with Crippen LogP contribution in [0.15, 0.2) is 101 Å². The van der Waals surface area contributed by atoms with Crippen molar-refractivity contribution in [1.82, 2.24) is 14.9 Å². The lowest BCUT2D eigenvalue weighted by Crippen LogP contribution is -2.39. The van der Waals surface area contributed by atoms with E-state index in [4.69, 9.17) is 28.8 Å². The molecule has 3 aliphatic rings. The van der Waals surface area contributed by atoms with Crippen LogP contribution in [0.1, 0.15) is 84.4 Å². The van der Waals surface area contributed by atoms with Crippen molar-refractivity contribution >= 4 is 74.0 Å². The Hall–Kier alpha value is -7.18. The first-order valence-corrected chi connectivity index (χ1v) is 26.7. The summed E-state index contributed by atoms with van der Waals surface area (Å²) < 4.78 is 26.0. The van der Waals surface area contributed by atoms with Crippen molar-refractivity contribution in [3.8, 4) is 28.7 Å². The second-order valence-corrected chi connectivity index (χ2v) is 21.8. The minimum Gasteiger partial charge on any atom is -0.493 e. The summed E-state index contributed by atoms with van der Waals surface area (Å²) in [6.07, 6.45) is 4.04. The molecule has 73 heavy (non-hydrogen) atoms. The molecule has 0 radical (unpaired) electrons. The summed E-state index contributed by atoms with van der Waals surface area (Å²) in [4.78, 5) is 65.5. The lowest BCUT2D eigenvalue weighted by atomic mass is 10.1. The zero-order valence-electron chi connectivity index (χ0n) is 41.4. The van der Waals surface area contributed by atoms with Crippen LogP contribution in [0, 0.1) is 0 Å². The van der Waals surface area contributed by atoms with Gasteiger partial charge >= 0.3 is 0 Å². The van der Waals surface area contributed by atoms with Gasteiger partial charge in [-0.25, -0.2) is 4.98 Å². The van der Waals surface area contributed by atoms with Crippen molar-refractivity contribution in [1.29, 1.82) is 0 Å². The molecule has 0 saturated heterocycles. The first-order chi connectivity index (χ1) is 35.4. The van der Waals surface area contributed by atoms with E-state index in [1.54, 1.807) is 51.5 Å². The third-order valence-corrected chi connectivity index (χ3v) is 16.4. The molecule has 1 aromatic heterocycles. The van der Waals surface area contributed by atoms with Crippen molar-refractivity contribution < 1.29 is 38.2 Å². The molecule has 0 aliphatic carbocycles. The Balaban J connectivity index is 0.898. The zero-order chi connectivity index (χ0) is 51.1. The lowest BCUT2D eigenvalue weighted by molar-refractivity contribution is -0.121. The maximum Gasteiger partial charge on any atom is 0.266 e. The van der Waals surface area contributed by atoms with Crippen LogP contribution in [0.3, 0.4) is 0 Å². The van der Waals surface area contributed by atoms with Crippen LogP contribution in [0.25, 0.3) is 16.6 Å². The van der Waals surface area contributed by atoms with Gasteiger partial charge in [-0.1, -0.05) is 58.0 Å². The predicted octanol–water partition coefficient (Wildman–Crippen LogP) is 9.26.